The van der Waals surface area contributed by atoms with Gasteiger partial charge >= 0.3 is 5.97 Å². The molecule has 0 spiro atoms. The topological polar surface area (TPSA) is 91.2 Å². The molecule has 0 bridgehead atoms. The third-order valence-corrected chi connectivity index (χ3v) is 3.44. The van der Waals surface area contributed by atoms with E-state index in [1.165, 1.54) is 6.20 Å². The second-order valence-electron chi connectivity index (χ2n) is 5.40. The molecule has 6 heteroatoms. The van der Waals surface area contributed by atoms with E-state index in [1.807, 2.05) is 25.1 Å². The molecule has 0 radical (unpaired) electrons. The Bertz CT molecular complexity index is 882. The number of carbonyl (C=O) groups excluding carboxylic acids is 2. The number of rotatable bonds is 6. The van der Waals surface area contributed by atoms with Gasteiger partial charge in [-0.05, 0) is 43.7 Å². The van der Waals surface area contributed by atoms with Crippen LogP contribution < -0.4 is 10.6 Å². The summed E-state index contributed by atoms with van der Waals surface area (Å²) in [5.41, 5.74) is 2.39. The number of anilines is 2. The Morgan fingerprint density at radius 2 is 1.96 bits per heavy atom. The van der Waals surface area contributed by atoms with E-state index in [4.69, 9.17) is 10.00 Å². The average Bonchev–Trinajstić information content (AvgIpc) is 2.63. The molecule has 0 aliphatic heterocycles. The Morgan fingerprint density at radius 3 is 2.65 bits per heavy atom. The fraction of sp³-hybridized carbons (Fsp3) is 0.150. The monoisotopic (exact) mass is 349 g/mol. The molecule has 0 heterocycles. The second-order valence-corrected chi connectivity index (χ2v) is 5.40. The number of hydrogen-bond acceptors (Lipinski definition) is 5. The molecular formula is C20H19N3O3. The van der Waals surface area contributed by atoms with Gasteiger partial charge in [0.15, 0.2) is 5.57 Å². The number of para-hydroxylation sites is 1. The van der Waals surface area contributed by atoms with Crippen LogP contribution in [0.3, 0.4) is 0 Å². The van der Waals surface area contributed by atoms with Crippen molar-refractivity contribution in [1.82, 2.24) is 0 Å². The van der Waals surface area contributed by atoms with Crippen LogP contribution >= 0.6 is 0 Å². The highest BCUT2D eigenvalue weighted by Gasteiger charge is 2.13. The highest BCUT2D eigenvalue weighted by molar-refractivity contribution is 6.08. The molecule has 2 aromatic rings. The minimum Gasteiger partial charge on any atom is -0.462 e. The number of amides is 1. The van der Waals surface area contributed by atoms with Crippen molar-refractivity contribution in [1.29, 1.82) is 5.26 Å². The summed E-state index contributed by atoms with van der Waals surface area (Å²) in [5, 5.41) is 14.7. The van der Waals surface area contributed by atoms with Gasteiger partial charge in [-0.15, -0.1) is 0 Å². The van der Waals surface area contributed by atoms with Gasteiger partial charge in [0.25, 0.3) is 5.91 Å². The van der Waals surface area contributed by atoms with Gasteiger partial charge in [-0.1, -0.05) is 24.3 Å². The Kier molecular flexibility index (Phi) is 6.52. The van der Waals surface area contributed by atoms with Gasteiger partial charge in [0.2, 0.25) is 0 Å². The molecule has 0 atom stereocenters. The lowest BCUT2D eigenvalue weighted by Gasteiger charge is -2.11. The Balaban J connectivity index is 2.20. The smallest absolute Gasteiger partial charge is 0.350 e. The maximum absolute atomic E-state index is 12.6. The van der Waals surface area contributed by atoms with Crippen molar-refractivity contribution >= 4 is 23.3 Å². The number of nitrogens with zero attached hydrogens (tertiary/aromatic N) is 1. The molecule has 0 saturated carbocycles. The second kappa shape index (κ2) is 9.04. The third-order valence-electron chi connectivity index (χ3n) is 3.44. The van der Waals surface area contributed by atoms with Crippen molar-refractivity contribution in [2.75, 3.05) is 17.2 Å². The molecular weight excluding hydrogens is 330 g/mol. The highest BCUT2D eigenvalue weighted by Crippen LogP contribution is 2.18. The molecule has 2 aromatic carbocycles. The first-order valence-electron chi connectivity index (χ1n) is 8.06. The van der Waals surface area contributed by atoms with Gasteiger partial charge in [0, 0.05) is 11.9 Å². The van der Waals surface area contributed by atoms with Crippen LogP contribution in [0.4, 0.5) is 11.4 Å². The molecule has 0 fully saturated rings. The number of benzene rings is 2. The summed E-state index contributed by atoms with van der Waals surface area (Å²) in [6.07, 6.45) is 1.23. The first kappa shape index (κ1) is 18.7. The van der Waals surface area contributed by atoms with Crippen molar-refractivity contribution in [3.05, 3.63) is 71.4 Å². The van der Waals surface area contributed by atoms with E-state index in [0.717, 1.165) is 5.56 Å². The molecule has 0 aromatic heterocycles. The Morgan fingerprint density at radius 1 is 1.19 bits per heavy atom. The SMILES string of the molecule is CCOC(=O)/C(C#N)=C/Nc1ccccc1C(=O)Nc1cccc(C)c1. The molecule has 0 saturated heterocycles. The van der Waals surface area contributed by atoms with Crippen LogP contribution in [-0.4, -0.2) is 18.5 Å². The molecule has 6 nitrogen and oxygen atoms in total. The number of nitriles is 1. The van der Waals surface area contributed by atoms with Crippen molar-refractivity contribution in [2.45, 2.75) is 13.8 Å². The van der Waals surface area contributed by atoms with Gasteiger partial charge in [-0.2, -0.15) is 5.26 Å². The summed E-state index contributed by atoms with van der Waals surface area (Å²) in [7, 11) is 0. The molecule has 0 aliphatic rings. The molecule has 1 amide bonds. The van der Waals surface area contributed by atoms with Crippen LogP contribution in [0.15, 0.2) is 60.3 Å². The van der Waals surface area contributed by atoms with Crippen molar-refractivity contribution < 1.29 is 14.3 Å². The van der Waals surface area contributed by atoms with Crippen LogP contribution in [0.2, 0.25) is 0 Å². The Labute approximate surface area is 152 Å². The quantitative estimate of drug-likeness (QED) is 0.472. The average molecular weight is 349 g/mol. The summed E-state index contributed by atoms with van der Waals surface area (Å²) in [6, 6.07) is 16.0. The lowest BCUT2D eigenvalue weighted by Crippen LogP contribution is -2.14. The van der Waals surface area contributed by atoms with E-state index >= 15 is 0 Å². The molecule has 2 N–H and O–H groups in total. The zero-order valence-corrected chi connectivity index (χ0v) is 14.6. The number of aryl methyl sites for hydroxylation is 1. The van der Waals surface area contributed by atoms with E-state index in [1.54, 1.807) is 43.3 Å². The van der Waals surface area contributed by atoms with E-state index in [9.17, 15) is 9.59 Å². The summed E-state index contributed by atoms with van der Waals surface area (Å²) >= 11 is 0. The minimum absolute atomic E-state index is 0.174. The summed E-state index contributed by atoms with van der Waals surface area (Å²) in [6.45, 7) is 3.77. The zero-order valence-electron chi connectivity index (χ0n) is 14.6. The highest BCUT2D eigenvalue weighted by atomic mass is 16.5. The molecule has 26 heavy (non-hydrogen) atoms. The predicted octanol–water partition coefficient (Wildman–Crippen LogP) is 3.63. The van der Waals surface area contributed by atoms with Gasteiger partial charge in [0.1, 0.15) is 6.07 Å². The summed E-state index contributed by atoms with van der Waals surface area (Å²) in [4.78, 5) is 24.2. The number of carbonyl (C=O) groups is 2. The standard InChI is InChI=1S/C20H19N3O3/c1-3-26-20(25)15(12-21)13-22-18-10-5-4-9-17(18)19(24)23-16-8-6-7-14(2)11-16/h4-11,13,22H,3H2,1-2H3,(H,23,24)/b15-13+. The fourth-order valence-corrected chi connectivity index (χ4v) is 2.22. The van der Waals surface area contributed by atoms with Gasteiger partial charge in [-0.3, -0.25) is 4.79 Å². The first-order valence-corrected chi connectivity index (χ1v) is 8.06. The van der Waals surface area contributed by atoms with Gasteiger partial charge in [-0.25, -0.2) is 4.79 Å². The lowest BCUT2D eigenvalue weighted by atomic mass is 10.1. The molecule has 0 aliphatic carbocycles. The van der Waals surface area contributed by atoms with Crippen LogP contribution in [0, 0.1) is 18.3 Å². The summed E-state index contributed by atoms with van der Waals surface area (Å²) in [5.74, 6) is -1.02. The fourth-order valence-electron chi connectivity index (χ4n) is 2.22. The van der Waals surface area contributed by atoms with Crippen LogP contribution in [0.25, 0.3) is 0 Å². The van der Waals surface area contributed by atoms with E-state index in [0.29, 0.717) is 16.9 Å². The number of hydrogen-bond donors (Lipinski definition) is 2. The maximum Gasteiger partial charge on any atom is 0.350 e. The lowest BCUT2D eigenvalue weighted by molar-refractivity contribution is -0.138. The van der Waals surface area contributed by atoms with Gasteiger partial charge < -0.3 is 15.4 Å². The van der Waals surface area contributed by atoms with Crippen LogP contribution in [0.5, 0.6) is 0 Å². The van der Waals surface area contributed by atoms with E-state index in [2.05, 4.69) is 10.6 Å². The predicted molar refractivity (Wildman–Crippen MR) is 99.5 cm³/mol. The third kappa shape index (κ3) is 4.95. The van der Waals surface area contributed by atoms with Crippen molar-refractivity contribution in [3.8, 4) is 6.07 Å². The van der Waals surface area contributed by atoms with Crippen molar-refractivity contribution in [3.63, 3.8) is 0 Å². The Hall–Kier alpha value is -3.59. The van der Waals surface area contributed by atoms with Crippen LogP contribution in [0.1, 0.15) is 22.8 Å². The summed E-state index contributed by atoms with van der Waals surface area (Å²) < 4.78 is 4.80. The zero-order chi connectivity index (χ0) is 18.9. The normalized spacial score (nSPS) is 10.6. The van der Waals surface area contributed by atoms with E-state index < -0.39 is 5.97 Å². The molecule has 0 unspecified atom stereocenters. The number of esters is 1. The maximum atomic E-state index is 12.6. The van der Waals surface area contributed by atoms with Crippen molar-refractivity contribution in [2.24, 2.45) is 0 Å². The molecule has 132 valence electrons. The number of nitrogens with one attached hydrogen (secondary N) is 2. The minimum atomic E-state index is -0.718. The largest absolute Gasteiger partial charge is 0.462 e. The molecule has 2 rings (SSSR count). The number of ether oxygens (including phenoxy) is 1. The van der Waals surface area contributed by atoms with Crippen LogP contribution in [-0.2, 0) is 9.53 Å². The first-order chi connectivity index (χ1) is 12.5. The van der Waals surface area contributed by atoms with E-state index in [-0.39, 0.29) is 18.1 Å². The van der Waals surface area contributed by atoms with Gasteiger partial charge in [0.05, 0.1) is 17.9 Å².